The van der Waals surface area contributed by atoms with Crippen LogP contribution in [0.15, 0.2) is 109 Å². The van der Waals surface area contributed by atoms with Gasteiger partial charge in [-0.1, -0.05) is 72.8 Å². The molecule has 5 aromatic rings. The highest BCUT2D eigenvalue weighted by atomic mass is 16.5. The van der Waals surface area contributed by atoms with Gasteiger partial charge in [-0.25, -0.2) is 0 Å². The van der Waals surface area contributed by atoms with Gasteiger partial charge in [0, 0.05) is 36.0 Å². The van der Waals surface area contributed by atoms with Crippen molar-refractivity contribution in [1.29, 1.82) is 0 Å². The summed E-state index contributed by atoms with van der Waals surface area (Å²) in [5.41, 5.74) is 5.24. The molecule has 0 aliphatic carbocycles. The van der Waals surface area contributed by atoms with E-state index in [0.29, 0.717) is 19.6 Å². The highest BCUT2D eigenvalue weighted by Gasteiger charge is 2.22. The lowest BCUT2D eigenvalue weighted by Crippen LogP contribution is -2.25. The van der Waals surface area contributed by atoms with Crippen LogP contribution in [0.1, 0.15) is 34.6 Å². The van der Waals surface area contributed by atoms with Gasteiger partial charge in [0.15, 0.2) is 0 Å². The van der Waals surface area contributed by atoms with Crippen molar-refractivity contribution in [3.63, 3.8) is 0 Å². The molecule has 186 valence electrons. The van der Waals surface area contributed by atoms with E-state index in [1.807, 2.05) is 103 Å². The fourth-order valence-electron chi connectivity index (χ4n) is 4.56. The molecule has 0 aliphatic rings. The number of rotatable bonds is 10. The molecule has 1 heterocycles. The molecule has 0 unspecified atom stereocenters. The van der Waals surface area contributed by atoms with Crippen LogP contribution in [0.4, 0.5) is 0 Å². The van der Waals surface area contributed by atoms with Crippen LogP contribution in [0.3, 0.4) is 0 Å². The molecular formula is C32H30N2O3. The second-order valence-corrected chi connectivity index (χ2v) is 9.02. The van der Waals surface area contributed by atoms with Crippen molar-refractivity contribution in [1.82, 2.24) is 10.3 Å². The number of carbonyl (C=O) groups is 1. The second-order valence-electron chi connectivity index (χ2n) is 9.02. The minimum atomic E-state index is -0.170. The summed E-state index contributed by atoms with van der Waals surface area (Å²) in [6.07, 6.45) is 2.30. The highest BCUT2D eigenvalue weighted by Crippen LogP contribution is 2.36. The molecule has 0 spiro atoms. The molecule has 1 amide bonds. The van der Waals surface area contributed by atoms with Crippen LogP contribution in [0.5, 0.6) is 11.5 Å². The number of nitrogens with one attached hydrogen (secondary N) is 2. The molecular weight excluding hydrogens is 460 g/mol. The van der Waals surface area contributed by atoms with Gasteiger partial charge in [-0.05, 0) is 52.6 Å². The predicted molar refractivity (Wildman–Crippen MR) is 147 cm³/mol. The largest absolute Gasteiger partial charge is 0.497 e. The molecule has 4 aromatic carbocycles. The summed E-state index contributed by atoms with van der Waals surface area (Å²) < 4.78 is 11.6. The summed E-state index contributed by atoms with van der Waals surface area (Å²) in [6.45, 7) is 0.977. The third-order valence-corrected chi connectivity index (χ3v) is 6.53. The Balaban J connectivity index is 1.43. The zero-order chi connectivity index (χ0) is 25.5. The van der Waals surface area contributed by atoms with Crippen molar-refractivity contribution >= 4 is 16.8 Å². The fraction of sp³-hybridized carbons (Fsp3) is 0.156. The maximum absolute atomic E-state index is 13.2. The quantitative estimate of drug-likeness (QED) is 0.232. The molecule has 0 aliphatic heterocycles. The van der Waals surface area contributed by atoms with Crippen LogP contribution in [0.2, 0.25) is 0 Å². The van der Waals surface area contributed by atoms with Crippen molar-refractivity contribution < 1.29 is 14.3 Å². The number of methoxy groups -OCH3 is 1. The van der Waals surface area contributed by atoms with Gasteiger partial charge in [0.1, 0.15) is 18.1 Å². The highest BCUT2D eigenvalue weighted by molar-refractivity contribution is 5.87. The van der Waals surface area contributed by atoms with Crippen molar-refractivity contribution in [2.45, 2.75) is 25.5 Å². The van der Waals surface area contributed by atoms with Gasteiger partial charge in [-0.15, -0.1) is 0 Å². The lowest BCUT2D eigenvalue weighted by molar-refractivity contribution is -0.121. The summed E-state index contributed by atoms with van der Waals surface area (Å²) in [7, 11) is 1.66. The standard InChI is InChI=1S/C32H30N2O3/c1-36-26-15-16-31-29(18-26)30(21-33-31)28(19-32(35)34-20-23-9-4-2-5-10-23)25-13-8-14-27(17-25)37-22-24-11-6-3-7-12-24/h2-18,21,28,33H,19-20,22H2,1H3,(H,34,35)/t28-/m1/s1. The SMILES string of the molecule is COc1ccc2[nH]cc([C@H](CC(=O)NCc3ccccc3)c3cccc(OCc4ccccc4)c3)c2c1. The van der Waals surface area contributed by atoms with Crippen LogP contribution >= 0.6 is 0 Å². The molecule has 5 nitrogen and oxygen atoms in total. The van der Waals surface area contributed by atoms with E-state index in [1.165, 1.54) is 0 Å². The lowest BCUT2D eigenvalue weighted by Gasteiger charge is -2.19. The molecule has 0 saturated heterocycles. The normalized spacial score (nSPS) is 11.7. The lowest BCUT2D eigenvalue weighted by atomic mass is 9.87. The molecule has 0 saturated carbocycles. The van der Waals surface area contributed by atoms with Gasteiger partial charge in [-0.3, -0.25) is 4.79 Å². The number of benzene rings is 4. The van der Waals surface area contributed by atoms with Crippen LogP contribution in [-0.2, 0) is 17.9 Å². The predicted octanol–water partition coefficient (Wildman–Crippen LogP) is 6.59. The van der Waals surface area contributed by atoms with Crippen molar-refractivity contribution in [2.75, 3.05) is 7.11 Å². The monoisotopic (exact) mass is 490 g/mol. The van der Waals surface area contributed by atoms with Crippen LogP contribution in [-0.4, -0.2) is 18.0 Å². The zero-order valence-corrected chi connectivity index (χ0v) is 20.8. The van der Waals surface area contributed by atoms with E-state index in [2.05, 4.69) is 16.4 Å². The van der Waals surface area contributed by atoms with Gasteiger partial charge in [0.05, 0.1) is 7.11 Å². The molecule has 0 fully saturated rings. The first-order valence-corrected chi connectivity index (χ1v) is 12.4. The molecule has 5 rings (SSSR count). The smallest absolute Gasteiger partial charge is 0.221 e. The third-order valence-electron chi connectivity index (χ3n) is 6.53. The van der Waals surface area contributed by atoms with Crippen LogP contribution < -0.4 is 14.8 Å². The summed E-state index contributed by atoms with van der Waals surface area (Å²) in [5.74, 6) is 1.37. The maximum atomic E-state index is 13.2. The number of hydrogen-bond donors (Lipinski definition) is 2. The molecule has 0 bridgehead atoms. The van der Waals surface area contributed by atoms with Crippen LogP contribution in [0, 0.1) is 0 Å². The Kier molecular flexibility index (Phi) is 7.51. The van der Waals surface area contributed by atoms with Crippen molar-refractivity contribution in [3.8, 4) is 11.5 Å². The number of amides is 1. The molecule has 2 N–H and O–H groups in total. The Bertz CT molecular complexity index is 1460. The first-order chi connectivity index (χ1) is 18.2. The Labute approximate surface area is 217 Å². The van der Waals surface area contributed by atoms with Gasteiger partial charge in [0.25, 0.3) is 0 Å². The number of aromatic nitrogens is 1. The molecule has 5 heteroatoms. The van der Waals surface area contributed by atoms with Gasteiger partial charge < -0.3 is 19.8 Å². The third kappa shape index (κ3) is 6.01. The minimum absolute atomic E-state index is 0.0123. The first-order valence-electron chi connectivity index (χ1n) is 12.4. The Morgan fingerprint density at radius 1 is 0.838 bits per heavy atom. The van der Waals surface area contributed by atoms with Gasteiger partial charge in [0.2, 0.25) is 5.91 Å². The number of H-pyrrole nitrogens is 1. The number of hydrogen-bond acceptors (Lipinski definition) is 3. The van der Waals surface area contributed by atoms with E-state index < -0.39 is 0 Å². The van der Waals surface area contributed by atoms with E-state index in [9.17, 15) is 4.79 Å². The van der Waals surface area contributed by atoms with E-state index in [-0.39, 0.29) is 11.8 Å². The van der Waals surface area contributed by atoms with E-state index in [0.717, 1.165) is 44.7 Å². The van der Waals surface area contributed by atoms with Crippen LogP contribution in [0.25, 0.3) is 10.9 Å². The number of carbonyl (C=O) groups excluding carboxylic acids is 1. The van der Waals surface area contributed by atoms with Crippen molar-refractivity contribution in [2.24, 2.45) is 0 Å². The second kappa shape index (κ2) is 11.5. The summed E-state index contributed by atoms with van der Waals surface area (Å²) in [4.78, 5) is 16.5. The maximum Gasteiger partial charge on any atom is 0.221 e. The summed E-state index contributed by atoms with van der Waals surface area (Å²) >= 11 is 0. The molecule has 1 aromatic heterocycles. The van der Waals surface area contributed by atoms with Crippen molar-refractivity contribution in [3.05, 3.63) is 132 Å². The fourth-order valence-corrected chi connectivity index (χ4v) is 4.56. The first kappa shape index (κ1) is 24.2. The van der Waals surface area contributed by atoms with E-state index in [1.54, 1.807) is 7.11 Å². The Hall–Kier alpha value is -4.51. The Morgan fingerprint density at radius 2 is 1.59 bits per heavy atom. The number of fused-ring (bicyclic) bond motifs is 1. The summed E-state index contributed by atoms with van der Waals surface area (Å²) in [6, 6.07) is 34.0. The minimum Gasteiger partial charge on any atom is -0.497 e. The van der Waals surface area contributed by atoms with Gasteiger partial charge in [-0.2, -0.15) is 0 Å². The number of aromatic amines is 1. The number of ether oxygens (including phenoxy) is 2. The molecule has 1 atom stereocenters. The summed E-state index contributed by atoms with van der Waals surface area (Å²) in [5, 5.41) is 4.13. The average Bonchev–Trinajstić information content (AvgIpc) is 3.38. The average molecular weight is 491 g/mol. The Morgan fingerprint density at radius 3 is 2.35 bits per heavy atom. The molecule has 37 heavy (non-hydrogen) atoms. The van der Waals surface area contributed by atoms with E-state index >= 15 is 0 Å². The van der Waals surface area contributed by atoms with Gasteiger partial charge >= 0.3 is 0 Å². The molecule has 0 radical (unpaired) electrons. The van der Waals surface area contributed by atoms with E-state index in [4.69, 9.17) is 9.47 Å². The topological polar surface area (TPSA) is 63.4 Å². The zero-order valence-electron chi connectivity index (χ0n) is 20.8.